The average molecular weight is 321 g/mol. The Hall–Kier alpha value is -2.31. The first-order valence-corrected chi connectivity index (χ1v) is 7.08. The van der Waals surface area contributed by atoms with Crippen molar-refractivity contribution in [2.75, 3.05) is 5.73 Å². The molecule has 7 heteroatoms. The zero-order chi connectivity index (χ0) is 15.0. The number of rotatable bonds is 3. The molecule has 0 aliphatic carbocycles. The predicted molar refractivity (Wildman–Crippen MR) is 82.5 cm³/mol. The number of hydrogen-bond donors (Lipinski definition) is 2. The molecule has 0 unspecified atom stereocenters. The average Bonchev–Trinajstić information content (AvgIpc) is 2.88. The molecule has 0 aliphatic heterocycles. The Labute approximate surface area is 128 Å². The lowest BCUT2D eigenvalue weighted by atomic mass is 10.2. The van der Waals surface area contributed by atoms with Crippen molar-refractivity contribution in [3.63, 3.8) is 0 Å². The lowest BCUT2D eigenvalue weighted by Crippen LogP contribution is -1.90. The van der Waals surface area contributed by atoms with Gasteiger partial charge in [-0.3, -0.25) is 4.98 Å². The van der Waals surface area contributed by atoms with Gasteiger partial charge in [0, 0.05) is 17.6 Å². The summed E-state index contributed by atoms with van der Waals surface area (Å²) in [6.07, 6.45) is 3.14. The molecule has 0 fully saturated rings. The zero-order valence-electron chi connectivity index (χ0n) is 10.5. The minimum atomic E-state index is -0.974. The minimum Gasteiger partial charge on any atom is -0.477 e. The molecule has 0 bridgehead atoms. The maximum absolute atomic E-state index is 11.0. The van der Waals surface area contributed by atoms with E-state index in [1.54, 1.807) is 30.5 Å². The Kier molecular flexibility index (Phi) is 3.40. The van der Waals surface area contributed by atoms with Crippen LogP contribution in [0.25, 0.3) is 10.1 Å². The number of carboxylic acid groups (broad SMARTS) is 1. The van der Waals surface area contributed by atoms with Crippen LogP contribution in [0.5, 0.6) is 11.5 Å². The van der Waals surface area contributed by atoms with Crippen LogP contribution in [0, 0.1) is 0 Å². The third-order valence-corrected chi connectivity index (χ3v) is 4.22. The van der Waals surface area contributed by atoms with Crippen molar-refractivity contribution < 1.29 is 14.6 Å². The number of nitrogens with zero attached hydrogens (tertiary/aromatic N) is 1. The Bertz CT molecular complexity index is 847. The maximum Gasteiger partial charge on any atom is 0.345 e. The summed E-state index contributed by atoms with van der Waals surface area (Å²) in [6.45, 7) is 0. The van der Waals surface area contributed by atoms with Crippen LogP contribution in [0.15, 0.2) is 36.7 Å². The second kappa shape index (κ2) is 5.23. The number of carboxylic acids is 1. The Morgan fingerprint density at radius 2 is 2.14 bits per heavy atom. The molecule has 3 N–H and O–H groups in total. The first kappa shape index (κ1) is 13.7. The lowest BCUT2D eigenvalue weighted by Gasteiger charge is -2.07. The molecule has 0 saturated heterocycles. The van der Waals surface area contributed by atoms with Crippen LogP contribution in [0.1, 0.15) is 9.67 Å². The Morgan fingerprint density at radius 3 is 2.86 bits per heavy atom. The summed E-state index contributed by atoms with van der Waals surface area (Å²) in [5, 5.41) is 10.2. The highest BCUT2D eigenvalue weighted by Crippen LogP contribution is 2.35. The quantitative estimate of drug-likeness (QED) is 0.712. The summed E-state index contributed by atoms with van der Waals surface area (Å²) in [7, 11) is 0. The van der Waals surface area contributed by atoms with E-state index in [1.165, 1.54) is 6.20 Å². The van der Waals surface area contributed by atoms with E-state index >= 15 is 0 Å². The van der Waals surface area contributed by atoms with Gasteiger partial charge in [-0.2, -0.15) is 0 Å². The monoisotopic (exact) mass is 320 g/mol. The largest absolute Gasteiger partial charge is 0.477 e. The summed E-state index contributed by atoms with van der Waals surface area (Å²) in [6, 6.07) is 6.49. The smallest absolute Gasteiger partial charge is 0.345 e. The molecule has 3 rings (SSSR count). The van der Waals surface area contributed by atoms with Gasteiger partial charge in [-0.15, -0.1) is 11.3 Å². The topological polar surface area (TPSA) is 85.4 Å². The van der Waals surface area contributed by atoms with Crippen LogP contribution in [0.3, 0.4) is 0 Å². The van der Waals surface area contributed by atoms with Crippen molar-refractivity contribution in [1.29, 1.82) is 0 Å². The van der Waals surface area contributed by atoms with Gasteiger partial charge < -0.3 is 15.6 Å². The molecule has 106 valence electrons. The summed E-state index contributed by atoms with van der Waals surface area (Å²) in [5.41, 5.74) is 6.14. The highest BCUT2D eigenvalue weighted by atomic mass is 35.5. The minimum absolute atomic E-state index is 0.235. The summed E-state index contributed by atoms with van der Waals surface area (Å²) < 4.78 is 6.48. The van der Waals surface area contributed by atoms with Crippen molar-refractivity contribution in [3.05, 3.63) is 46.6 Å². The molecule has 0 radical (unpaired) electrons. The van der Waals surface area contributed by atoms with Crippen LogP contribution in [0.4, 0.5) is 5.69 Å². The van der Waals surface area contributed by atoms with Crippen molar-refractivity contribution in [3.8, 4) is 11.5 Å². The fourth-order valence-electron chi connectivity index (χ4n) is 1.83. The van der Waals surface area contributed by atoms with Crippen molar-refractivity contribution in [2.24, 2.45) is 0 Å². The Morgan fingerprint density at radius 1 is 1.33 bits per heavy atom. The van der Waals surface area contributed by atoms with Crippen LogP contribution < -0.4 is 10.5 Å². The lowest BCUT2D eigenvalue weighted by molar-refractivity contribution is 0.0702. The van der Waals surface area contributed by atoms with Crippen LogP contribution in [0.2, 0.25) is 5.02 Å². The van der Waals surface area contributed by atoms with E-state index in [-0.39, 0.29) is 4.88 Å². The molecule has 21 heavy (non-hydrogen) atoms. The number of aromatic nitrogens is 1. The van der Waals surface area contributed by atoms with E-state index in [0.29, 0.717) is 27.6 Å². The number of nitrogen functional groups attached to an aromatic ring is 1. The molecule has 0 aliphatic rings. The number of aromatic carboxylic acids is 1. The number of nitrogens with two attached hydrogens (primary N) is 1. The number of anilines is 1. The molecule has 0 amide bonds. The second-order valence-electron chi connectivity index (χ2n) is 4.25. The molecule has 0 atom stereocenters. The van der Waals surface area contributed by atoms with Gasteiger partial charge in [-0.05, 0) is 18.2 Å². The number of carbonyl (C=O) groups is 1. The van der Waals surface area contributed by atoms with E-state index in [1.807, 2.05) is 0 Å². The third kappa shape index (κ3) is 2.63. The predicted octanol–water partition coefficient (Wildman–Crippen LogP) is 4.02. The molecular formula is C14H9ClN2O3S. The normalized spacial score (nSPS) is 10.7. The van der Waals surface area contributed by atoms with Crippen LogP contribution in [-0.2, 0) is 0 Å². The van der Waals surface area contributed by atoms with Gasteiger partial charge in [0.15, 0.2) is 5.75 Å². The van der Waals surface area contributed by atoms with E-state index in [0.717, 1.165) is 16.0 Å². The fraction of sp³-hybridized carbons (Fsp3) is 0. The van der Waals surface area contributed by atoms with Gasteiger partial charge in [0.25, 0.3) is 0 Å². The molecular weight excluding hydrogens is 312 g/mol. The second-order valence-corrected chi connectivity index (χ2v) is 5.74. The molecule has 2 aromatic heterocycles. The molecule has 0 spiro atoms. The summed E-state index contributed by atoms with van der Waals surface area (Å²) in [4.78, 5) is 15.3. The van der Waals surface area contributed by atoms with Crippen molar-refractivity contribution in [1.82, 2.24) is 4.98 Å². The third-order valence-electron chi connectivity index (χ3n) is 2.82. The highest BCUT2D eigenvalue weighted by molar-refractivity contribution is 7.20. The van der Waals surface area contributed by atoms with Gasteiger partial charge in [0.1, 0.15) is 10.6 Å². The standard InChI is InChI=1S/C14H9ClN2O3S/c15-9-2-1-7(3-10(9)16)20-11-5-17-6-13-8(11)4-12(21-13)14(18)19/h1-6H,16H2,(H,18,19). The first-order chi connectivity index (χ1) is 10.0. The van der Waals surface area contributed by atoms with Gasteiger partial charge in [0.2, 0.25) is 0 Å². The number of ether oxygens (including phenoxy) is 1. The SMILES string of the molecule is Nc1cc(Oc2cncc3sc(C(=O)O)cc23)ccc1Cl. The number of thiophene rings is 1. The number of halogens is 1. The molecule has 0 saturated carbocycles. The fourth-order valence-corrected chi connectivity index (χ4v) is 2.84. The molecule has 1 aromatic carbocycles. The van der Waals surface area contributed by atoms with Crippen LogP contribution in [-0.4, -0.2) is 16.1 Å². The van der Waals surface area contributed by atoms with Crippen molar-refractivity contribution in [2.45, 2.75) is 0 Å². The van der Waals surface area contributed by atoms with E-state index < -0.39 is 5.97 Å². The molecule has 2 heterocycles. The van der Waals surface area contributed by atoms with E-state index in [9.17, 15) is 4.79 Å². The first-order valence-electron chi connectivity index (χ1n) is 5.88. The van der Waals surface area contributed by atoms with Gasteiger partial charge in [0.05, 0.1) is 21.6 Å². The maximum atomic E-state index is 11.0. The number of benzene rings is 1. The zero-order valence-corrected chi connectivity index (χ0v) is 12.1. The van der Waals surface area contributed by atoms with E-state index in [2.05, 4.69) is 4.98 Å². The number of pyridine rings is 1. The highest BCUT2D eigenvalue weighted by Gasteiger charge is 2.13. The van der Waals surface area contributed by atoms with Gasteiger partial charge in [-0.25, -0.2) is 4.79 Å². The Balaban J connectivity index is 2.03. The summed E-state index contributed by atoms with van der Waals surface area (Å²) in [5.74, 6) is 0.00475. The number of fused-ring (bicyclic) bond motifs is 1. The molecule has 5 nitrogen and oxygen atoms in total. The van der Waals surface area contributed by atoms with E-state index in [4.69, 9.17) is 27.2 Å². The van der Waals surface area contributed by atoms with Crippen molar-refractivity contribution >= 4 is 44.7 Å². The number of hydrogen-bond acceptors (Lipinski definition) is 5. The molecule has 3 aromatic rings. The van der Waals surface area contributed by atoms with Gasteiger partial charge in [-0.1, -0.05) is 11.6 Å². The summed E-state index contributed by atoms with van der Waals surface area (Å²) >= 11 is 7.01. The van der Waals surface area contributed by atoms with Crippen LogP contribution >= 0.6 is 22.9 Å². The van der Waals surface area contributed by atoms with Gasteiger partial charge >= 0.3 is 5.97 Å².